The van der Waals surface area contributed by atoms with Crippen molar-refractivity contribution in [1.29, 1.82) is 0 Å². The van der Waals surface area contributed by atoms with Crippen LogP contribution in [0.15, 0.2) is 59.4 Å². The van der Waals surface area contributed by atoms with Crippen LogP contribution in [0.3, 0.4) is 0 Å². The summed E-state index contributed by atoms with van der Waals surface area (Å²) in [5.74, 6) is -0.981. The Morgan fingerprint density at radius 1 is 1.07 bits per heavy atom. The van der Waals surface area contributed by atoms with Gasteiger partial charge in [-0.3, -0.25) is 4.79 Å². The monoisotopic (exact) mass is 428 g/mol. The molecule has 1 N–H and O–H groups in total. The van der Waals surface area contributed by atoms with Gasteiger partial charge in [0, 0.05) is 25.7 Å². The lowest BCUT2D eigenvalue weighted by Crippen LogP contribution is -2.27. The van der Waals surface area contributed by atoms with Crippen LogP contribution in [0, 0.1) is 0 Å². The van der Waals surface area contributed by atoms with Gasteiger partial charge in [-0.25, -0.2) is 9.59 Å². The highest BCUT2D eigenvalue weighted by molar-refractivity contribution is 7.24. The fourth-order valence-corrected chi connectivity index (χ4v) is 3.64. The predicted molar refractivity (Wildman–Crippen MR) is 114 cm³/mol. The van der Waals surface area contributed by atoms with E-state index in [0.717, 1.165) is 9.40 Å². The van der Waals surface area contributed by atoms with E-state index >= 15 is 0 Å². The van der Waals surface area contributed by atoms with Crippen LogP contribution in [0.4, 0.5) is 0 Å². The molecule has 7 nitrogen and oxygen atoms in total. The first-order valence-electron chi connectivity index (χ1n) is 9.10. The van der Waals surface area contributed by atoms with E-state index in [1.54, 1.807) is 24.3 Å². The molecule has 0 saturated carbocycles. The van der Waals surface area contributed by atoms with Crippen LogP contribution in [0.25, 0.3) is 20.2 Å². The minimum absolute atomic E-state index is 0.0974. The van der Waals surface area contributed by atoms with Gasteiger partial charge in [0.2, 0.25) is 0 Å². The zero-order valence-electron chi connectivity index (χ0n) is 16.3. The number of carbonyl (C=O) groups excluding carboxylic acids is 2. The first-order valence-corrected chi connectivity index (χ1v) is 9.91. The van der Waals surface area contributed by atoms with Gasteiger partial charge in [0.1, 0.15) is 25.1 Å². The number of fused-ring (bicyclic) bond motifs is 2. The number of hydrogen-bond donors (Lipinski definition) is 1. The highest BCUT2D eigenvalue weighted by atomic mass is 32.1. The molecule has 30 heavy (non-hydrogen) atoms. The SMILES string of the molecule is C=C(C)C(=O)OCC(O)COC(=O)COc1ccc2sc3ccccc3c(=O)c2c1. The summed E-state index contributed by atoms with van der Waals surface area (Å²) < 4.78 is 16.8. The topological polar surface area (TPSA) is 99.1 Å². The van der Waals surface area contributed by atoms with E-state index < -0.39 is 24.6 Å². The minimum Gasteiger partial charge on any atom is -0.482 e. The van der Waals surface area contributed by atoms with Crippen molar-refractivity contribution < 1.29 is 28.9 Å². The van der Waals surface area contributed by atoms with Crippen molar-refractivity contribution in [3.63, 3.8) is 0 Å². The van der Waals surface area contributed by atoms with Crippen molar-refractivity contribution >= 4 is 43.4 Å². The highest BCUT2D eigenvalue weighted by Gasteiger charge is 2.13. The molecule has 1 aromatic heterocycles. The van der Waals surface area contributed by atoms with Crippen LogP contribution < -0.4 is 10.2 Å². The van der Waals surface area contributed by atoms with E-state index in [1.165, 1.54) is 18.3 Å². The zero-order chi connectivity index (χ0) is 21.7. The number of aliphatic hydroxyl groups excluding tert-OH is 1. The Morgan fingerprint density at radius 3 is 2.53 bits per heavy atom. The maximum absolute atomic E-state index is 12.7. The van der Waals surface area contributed by atoms with Gasteiger partial charge in [0.25, 0.3) is 0 Å². The predicted octanol–water partition coefficient (Wildman–Crippen LogP) is 2.82. The third-order valence-corrected chi connectivity index (χ3v) is 5.25. The number of rotatable bonds is 8. The number of ether oxygens (including phenoxy) is 3. The molecular formula is C22H20O7S. The maximum atomic E-state index is 12.7. The Balaban J connectivity index is 1.56. The summed E-state index contributed by atoms with van der Waals surface area (Å²) in [6.07, 6.45) is -1.16. The second kappa shape index (κ2) is 9.51. The summed E-state index contributed by atoms with van der Waals surface area (Å²) >= 11 is 1.50. The van der Waals surface area contributed by atoms with Crippen molar-refractivity contribution in [3.05, 3.63) is 64.8 Å². The van der Waals surface area contributed by atoms with Gasteiger partial charge in [0.05, 0.1) is 0 Å². The highest BCUT2D eigenvalue weighted by Crippen LogP contribution is 2.27. The van der Waals surface area contributed by atoms with E-state index in [-0.39, 0.29) is 24.2 Å². The first-order chi connectivity index (χ1) is 14.3. The molecule has 1 heterocycles. The Hall–Kier alpha value is -3.23. The summed E-state index contributed by atoms with van der Waals surface area (Å²) in [7, 11) is 0. The Kier molecular flexibility index (Phi) is 6.81. The fourth-order valence-electron chi connectivity index (χ4n) is 2.59. The molecule has 0 radical (unpaired) electrons. The average Bonchev–Trinajstić information content (AvgIpc) is 2.74. The average molecular weight is 428 g/mol. The normalized spacial score (nSPS) is 11.8. The molecule has 3 rings (SSSR count). The summed E-state index contributed by atoms with van der Waals surface area (Å²) in [4.78, 5) is 35.8. The van der Waals surface area contributed by atoms with Crippen molar-refractivity contribution in [1.82, 2.24) is 0 Å². The van der Waals surface area contributed by atoms with E-state index in [0.29, 0.717) is 16.5 Å². The molecule has 0 saturated heterocycles. The molecule has 2 aromatic carbocycles. The van der Waals surface area contributed by atoms with E-state index in [2.05, 4.69) is 6.58 Å². The van der Waals surface area contributed by atoms with Gasteiger partial charge in [-0.1, -0.05) is 18.7 Å². The lowest BCUT2D eigenvalue weighted by atomic mass is 10.2. The number of hydrogen-bond acceptors (Lipinski definition) is 8. The fraction of sp³-hybridized carbons (Fsp3) is 0.227. The lowest BCUT2D eigenvalue weighted by molar-refractivity contribution is -0.152. The third-order valence-electron chi connectivity index (χ3n) is 4.10. The van der Waals surface area contributed by atoms with E-state index in [1.807, 2.05) is 18.2 Å². The maximum Gasteiger partial charge on any atom is 0.344 e. The second-order valence-electron chi connectivity index (χ2n) is 6.59. The molecule has 156 valence electrons. The Bertz CT molecular complexity index is 1170. The van der Waals surface area contributed by atoms with Crippen LogP contribution in [-0.4, -0.2) is 43.0 Å². The van der Waals surface area contributed by atoms with Crippen molar-refractivity contribution in [2.24, 2.45) is 0 Å². The van der Waals surface area contributed by atoms with Crippen molar-refractivity contribution in [3.8, 4) is 5.75 Å². The molecule has 0 fully saturated rings. The molecule has 0 aliphatic carbocycles. The molecular weight excluding hydrogens is 408 g/mol. The Labute approximate surface area is 176 Å². The van der Waals surface area contributed by atoms with Gasteiger partial charge >= 0.3 is 11.9 Å². The van der Waals surface area contributed by atoms with Gasteiger partial charge in [0.15, 0.2) is 12.0 Å². The molecule has 1 unspecified atom stereocenters. The van der Waals surface area contributed by atoms with E-state index in [9.17, 15) is 19.5 Å². The smallest absolute Gasteiger partial charge is 0.344 e. The minimum atomic E-state index is -1.16. The molecule has 0 amide bonds. The molecule has 0 aliphatic rings. The summed E-state index contributed by atoms with van der Waals surface area (Å²) in [6.45, 7) is 3.85. The zero-order valence-corrected chi connectivity index (χ0v) is 17.1. The van der Waals surface area contributed by atoms with Gasteiger partial charge < -0.3 is 19.3 Å². The van der Waals surface area contributed by atoms with Crippen molar-refractivity contribution in [2.45, 2.75) is 13.0 Å². The first kappa shape index (κ1) is 21.5. The molecule has 0 spiro atoms. The van der Waals surface area contributed by atoms with Crippen molar-refractivity contribution in [2.75, 3.05) is 19.8 Å². The van der Waals surface area contributed by atoms with Crippen LogP contribution in [-0.2, 0) is 19.1 Å². The quantitative estimate of drug-likeness (QED) is 0.335. The third kappa shape index (κ3) is 5.22. The van der Waals surface area contributed by atoms with Crippen LogP contribution >= 0.6 is 11.3 Å². The molecule has 0 bridgehead atoms. The number of carbonyl (C=O) groups is 2. The number of esters is 2. The Morgan fingerprint density at radius 2 is 1.77 bits per heavy atom. The summed E-state index contributed by atoms with van der Waals surface area (Å²) in [5.41, 5.74) is 0.109. The van der Waals surface area contributed by atoms with Crippen LogP contribution in [0.1, 0.15) is 6.92 Å². The standard InChI is InChI=1S/C22H20O7S/c1-13(2)22(26)29-11-14(23)10-28-20(24)12-27-15-7-8-19-17(9-15)21(25)16-5-3-4-6-18(16)30-19/h3-9,14,23H,1,10-12H2,2H3. The summed E-state index contributed by atoms with van der Waals surface area (Å²) in [6, 6.07) is 12.4. The van der Waals surface area contributed by atoms with Gasteiger partial charge in [-0.2, -0.15) is 0 Å². The molecule has 1 atom stereocenters. The van der Waals surface area contributed by atoms with E-state index in [4.69, 9.17) is 14.2 Å². The van der Waals surface area contributed by atoms with Crippen LogP contribution in [0.2, 0.25) is 0 Å². The van der Waals surface area contributed by atoms with Gasteiger partial charge in [-0.15, -0.1) is 11.3 Å². The molecule has 8 heteroatoms. The molecule has 0 aliphatic heterocycles. The number of aliphatic hydroxyl groups is 1. The second-order valence-corrected chi connectivity index (χ2v) is 7.67. The number of benzene rings is 2. The van der Waals surface area contributed by atoms with Gasteiger partial charge in [-0.05, 0) is 37.3 Å². The molecule has 3 aromatic rings. The lowest BCUT2D eigenvalue weighted by Gasteiger charge is -2.12. The van der Waals surface area contributed by atoms with Crippen LogP contribution in [0.5, 0.6) is 5.75 Å². The summed E-state index contributed by atoms with van der Waals surface area (Å²) in [5, 5.41) is 10.8. The largest absolute Gasteiger partial charge is 0.482 e.